The first-order chi connectivity index (χ1) is 9.88. The normalized spacial score (nSPS) is 18.7. The van der Waals surface area contributed by atoms with Crippen LogP contribution in [0.15, 0.2) is 4.90 Å². The third kappa shape index (κ3) is 3.75. The van der Waals surface area contributed by atoms with Crippen molar-refractivity contribution in [2.75, 3.05) is 17.3 Å². The number of thioether (sulfide) groups is 1. The summed E-state index contributed by atoms with van der Waals surface area (Å²) in [6, 6.07) is 0.506. The highest BCUT2D eigenvalue weighted by atomic mass is 32.2. The molecule has 0 spiro atoms. The number of nitrogens with two attached hydrogens (primary N) is 1. The second-order valence-electron chi connectivity index (χ2n) is 6.57. The van der Waals surface area contributed by atoms with E-state index in [4.69, 9.17) is 5.73 Å². The second-order valence-corrected chi connectivity index (χ2v) is 8.40. The number of hydrogen-bond acceptors (Lipinski definition) is 5. The van der Waals surface area contributed by atoms with Crippen molar-refractivity contribution < 1.29 is 4.79 Å². The van der Waals surface area contributed by atoms with E-state index in [1.807, 2.05) is 13.2 Å². The van der Waals surface area contributed by atoms with E-state index in [2.05, 4.69) is 19.2 Å². The molecule has 0 aromatic carbocycles. The zero-order valence-electron chi connectivity index (χ0n) is 13.4. The fourth-order valence-corrected chi connectivity index (χ4v) is 4.93. The van der Waals surface area contributed by atoms with Crippen LogP contribution >= 0.6 is 23.1 Å². The lowest BCUT2D eigenvalue weighted by Gasteiger charge is -2.34. The Kier molecular flexibility index (Phi) is 5.25. The molecule has 0 saturated heterocycles. The van der Waals surface area contributed by atoms with Gasteiger partial charge in [-0.3, -0.25) is 4.79 Å². The number of nitrogens with one attached hydrogen (secondary N) is 1. The fourth-order valence-electron chi connectivity index (χ4n) is 2.82. The molecule has 0 amide bonds. The van der Waals surface area contributed by atoms with E-state index in [0.717, 1.165) is 14.8 Å². The van der Waals surface area contributed by atoms with Crippen molar-refractivity contribution in [1.82, 2.24) is 0 Å². The minimum atomic E-state index is 0.144. The minimum Gasteiger partial charge on any atom is -0.396 e. The van der Waals surface area contributed by atoms with Crippen LogP contribution in [0.2, 0.25) is 0 Å². The fraction of sp³-hybridized carbons (Fsp3) is 0.688. The average molecular weight is 327 g/mol. The second kappa shape index (κ2) is 6.61. The lowest BCUT2D eigenvalue weighted by Crippen LogP contribution is -2.29. The van der Waals surface area contributed by atoms with E-state index < -0.39 is 0 Å². The van der Waals surface area contributed by atoms with E-state index in [1.54, 1.807) is 11.8 Å². The predicted molar refractivity (Wildman–Crippen MR) is 94.8 cm³/mol. The maximum atomic E-state index is 12.0. The quantitative estimate of drug-likeness (QED) is 0.589. The van der Waals surface area contributed by atoms with E-state index in [1.165, 1.54) is 37.0 Å². The maximum Gasteiger partial charge on any atom is 0.174 e. The van der Waals surface area contributed by atoms with Crippen molar-refractivity contribution in [3.63, 3.8) is 0 Å². The van der Waals surface area contributed by atoms with Crippen LogP contribution < -0.4 is 11.1 Å². The third-order valence-corrected chi connectivity index (χ3v) is 6.49. The number of Topliss-reactive ketones (excluding diaryl/α,β-unsaturated/α-hetero) is 1. The van der Waals surface area contributed by atoms with Crippen molar-refractivity contribution in [2.24, 2.45) is 5.41 Å². The highest BCUT2D eigenvalue weighted by Crippen LogP contribution is 2.44. The van der Waals surface area contributed by atoms with Crippen molar-refractivity contribution in [3.05, 3.63) is 4.88 Å². The zero-order chi connectivity index (χ0) is 15.6. The Bertz CT molecular complexity index is 513. The van der Waals surface area contributed by atoms with E-state index >= 15 is 0 Å². The van der Waals surface area contributed by atoms with E-state index in [9.17, 15) is 4.79 Å². The molecule has 3 nitrogen and oxygen atoms in total. The van der Waals surface area contributed by atoms with Gasteiger partial charge in [0.1, 0.15) is 5.00 Å². The lowest BCUT2D eigenvalue weighted by molar-refractivity contribution is 0.0992. The Labute approximate surface area is 136 Å². The molecule has 0 aliphatic heterocycles. The van der Waals surface area contributed by atoms with Crippen LogP contribution in [0.4, 0.5) is 10.7 Å². The molecule has 0 atom stereocenters. The molecule has 0 unspecified atom stereocenters. The van der Waals surface area contributed by atoms with Gasteiger partial charge in [0.05, 0.1) is 15.5 Å². The van der Waals surface area contributed by atoms with Gasteiger partial charge in [-0.05, 0) is 37.4 Å². The largest absolute Gasteiger partial charge is 0.396 e. The number of carbonyl (C=O) groups excluding carboxylic acids is 1. The lowest BCUT2D eigenvalue weighted by atomic mass is 9.75. The molecule has 1 aromatic rings. The molecule has 5 heteroatoms. The molecular formula is C16H26N2OS2. The van der Waals surface area contributed by atoms with Crippen LogP contribution in [0.25, 0.3) is 0 Å². The van der Waals surface area contributed by atoms with Crippen LogP contribution in [0.3, 0.4) is 0 Å². The number of anilines is 2. The average Bonchev–Trinajstić information content (AvgIpc) is 2.76. The molecule has 118 valence electrons. The number of hydrogen-bond donors (Lipinski definition) is 2. The molecule has 1 heterocycles. The van der Waals surface area contributed by atoms with Gasteiger partial charge >= 0.3 is 0 Å². The number of ketones is 1. The van der Waals surface area contributed by atoms with Crippen molar-refractivity contribution in [1.29, 1.82) is 0 Å². The van der Waals surface area contributed by atoms with Crippen molar-refractivity contribution >= 4 is 39.6 Å². The highest BCUT2D eigenvalue weighted by molar-refractivity contribution is 7.99. The molecule has 0 radical (unpaired) electrons. The van der Waals surface area contributed by atoms with Gasteiger partial charge in [0.15, 0.2) is 5.78 Å². The molecule has 2 rings (SSSR count). The summed E-state index contributed by atoms with van der Waals surface area (Å²) in [5.74, 6) is 0.144. The summed E-state index contributed by atoms with van der Waals surface area (Å²) in [5.41, 5.74) is 7.30. The number of nitrogen functional groups attached to an aromatic ring is 1. The van der Waals surface area contributed by atoms with Crippen LogP contribution in [-0.4, -0.2) is 18.1 Å². The van der Waals surface area contributed by atoms with Gasteiger partial charge in [-0.15, -0.1) is 23.1 Å². The Balaban J connectivity index is 2.15. The minimum absolute atomic E-state index is 0.144. The molecule has 1 aliphatic carbocycles. The maximum absolute atomic E-state index is 12.0. The molecule has 1 fully saturated rings. The Morgan fingerprint density at radius 3 is 2.57 bits per heavy atom. The standard InChI is InChI=1S/C16H26N2OS2/c1-5-11(19)13-12(17)14(20-4)15(21-13)18-10-6-8-16(2,3)9-7-10/h10,18H,5-9,17H2,1-4H3. The Morgan fingerprint density at radius 1 is 1.43 bits per heavy atom. The number of carbonyl (C=O) groups is 1. The summed E-state index contributed by atoms with van der Waals surface area (Å²) in [4.78, 5) is 13.8. The van der Waals surface area contributed by atoms with Gasteiger partial charge in [0.2, 0.25) is 0 Å². The zero-order valence-corrected chi connectivity index (χ0v) is 15.0. The van der Waals surface area contributed by atoms with Gasteiger partial charge < -0.3 is 11.1 Å². The molecule has 1 saturated carbocycles. The summed E-state index contributed by atoms with van der Waals surface area (Å²) < 4.78 is 0. The Hall–Kier alpha value is -0.680. The summed E-state index contributed by atoms with van der Waals surface area (Å²) in [5, 5.41) is 4.73. The van der Waals surface area contributed by atoms with Crippen molar-refractivity contribution in [2.45, 2.75) is 63.8 Å². The van der Waals surface area contributed by atoms with Gasteiger partial charge in [-0.1, -0.05) is 20.8 Å². The summed E-state index contributed by atoms with van der Waals surface area (Å²) in [6.45, 7) is 6.58. The molecule has 3 N–H and O–H groups in total. The first kappa shape index (κ1) is 16.7. The molecule has 0 bridgehead atoms. The molecular weight excluding hydrogens is 300 g/mol. The van der Waals surface area contributed by atoms with Crippen LogP contribution in [0.1, 0.15) is 62.5 Å². The predicted octanol–water partition coefficient (Wildman–Crippen LogP) is 5.03. The van der Waals surface area contributed by atoms with E-state index in [0.29, 0.717) is 23.6 Å². The topological polar surface area (TPSA) is 55.1 Å². The molecule has 21 heavy (non-hydrogen) atoms. The van der Waals surface area contributed by atoms with Crippen molar-refractivity contribution in [3.8, 4) is 0 Å². The summed E-state index contributed by atoms with van der Waals surface area (Å²) in [7, 11) is 0. The first-order valence-corrected chi connectivity index (χ1v) is 9.68. The Morgan fingerprint density at radius 2 is 2.05 bits per heavy atom. The van der Waals surface area contributed by atoms with Crippen LogP contribution in [-0.2, 0) is 0 Å². The van der Waals surface area contributed by atoms with Gasteiger partial charge in [0, 0.05) is 12.5 Å². The summed E-state index contributed by atoms with van der Waals surface area (Å²) >= 11 is 3.16. The monoisotopic (exact) mass is 326 g/mol. The van der Waals surface area contributed by atoms with Crippen LogP contribution in [0.5, 0.6) is 0 Å². The van der Waals surface area contributed by atoms with Gasteiger partial charge in [-0.2, -0.15) is 0 Å². The SMILES string of the molecule is CCC(=O)c1sc(NC2CCC(C)(C)CC2)c(SC)c1N. The first-order valence-electron chi connectivity index (χ1n) is 7.64. The number of thiophene rings is 1. The molecule has 1 aliphatic rings. The third-order valence-electron chi connectivity index (χ3n) is 4.35. The van der Waals surface area contributed by atoms with E-state index in [-0.39, 0.29) is 5.78 Å². The van der Waals surface area contributed by atoms with Gasteiger partial charge in [0.25, 0.3) is 0 Å². The smallest absolute Gasteiger partial charge is 0.174 e. The highest BCUT2D eigenvalue weighted by Gasteiger charge is 2.28. The van der Waals surface area contributed by atoms with Gasteiger partial charge in [-0.25, -0.2) is 0 Å². The number of rotatable bonds is 5. The molecule has 1 aromatic heterocycles. The van der Waals surface area contributed by atoms with Crippen LogP contribution in [0, 0.1) is 5.41 Å². The summed E-state index contributed by atoms with van der Waals surface area (Å²) in [6.07, 6.45) is 7.41.